The van der Waals surface area contributed by atoms with Gasteiger partial charge in [0.1, 0.15) is 0 Å². The van der Waals surface area contributed by atoms with Crippen molar-refractivity contribution >= 4 is 0 Å². The van der Waals surface area contributed by atoms with Crippen molar-refractivity contribution in [2.45, 2.75) is 58.2 Å². The van der Waals surface area contributed by atoms with Gasteiger partial charge in [-0.05, 0) is 24.8 Å². The minimum absolute atomic E-state index is 0.695. The first-order chi connectivity index (χ1) is 9.31. The normalized spacial score (nSPS) is 21.7. The highest BCUT2D eigenvalue weighted by Gasteiger charge is 2.23. The zero-order valence-electron chi connectivity index (χ0n) is 12.4. The quantitative estimate of drug-likeness (QED) is 0.808. The summed E-state index contributed by atoms with van der Waals surface area (Å²) >= 11 is 0. The van der Waals surface area contributed by atoms with Crippen LogP contribution in [-0.4, -0.2) is 30.1 Å². The Kier molecular flexibility index (Phi) is 5.87. The summed E-state index contributed by atoms with van der Waals surface area (Å²) in [5.41, 5.74) is 1.43. The third kappa shape index (κ3) is 4.63. The van der Waals surface area contributed by atoms with E-state index in [4.69, 9.17) is 0 Å². The summed E-state index contributed by atoms with van der Waals surface area (Å²) in [6.45, 7) is 8.11. The van der Waals surface area contributed by atoms with Crippen LogP contribution in [0.2, 0.25) is 0 Å². The van der Waals surface area contributed by atoms with Crippen LogP contribution in [0, 0.1) is 0 Å². The molecule has 1 aliphatic heterocycles. The second-order valence-corrected chi connectivity index (χ2v) is 5.77. The molecule has 0 radical (unpaired) electrons. The molecule has 2 heteroatoms. The van der Waals surface area contributed by atoms with Crippen molar-refractivity contribution < 1.29 is 0 Å². The first-order valence-corrected chi connectivity index (χ1v) is 7.84. The minimum atomic E-state index is 0.695. The molecule has 2 rings (SSSR count). The molecule has 106 valence electrons. The molecule has 2 unspecified atom stereocenters. The van der Waals surface area contributed by atoms with Crippen molar-refractivity contribution in [2.75, 3.05) is 13.1 Å². The fourth-order valence-corrected chi connectivity index (χ4v) is 3.04. The third-order valence-corrected chi connectivity index (χ3v) is 4.12. The molecule has 1 fully saturated rings. The summed E-state index contributed by atoms with van der Waals surface area (Å²) < 4.78 is 0. The molecule has 0 bridgehead atoms. The Morgan fingerprint density at radius 3 is 2.74 bits per heavy atom. The molecule has 19 heavy (non-hydrogen) atoms. The summed E-state index contributed by atoms with van der Waals surface area (Å²) in [5, 5.41) is 3.84. The largest absolute Gasteiger partial charge is 0.310 e. The number of benzene rings is 1. The van der Waals surface area contributed by atoms with E-state index in [0.29, 0.717) is 12.1 Å². The van der Waals surface area contributed by atoms with Gasteiger partial charge in [0.15, 0.2) is 0 Å². The third-order valence-electron chi connectivity index (χ3n) is 4.12. The Balaban J connectivity index is 1.76. The maximum absolute atomic E-state index is 3.84. The Morgan fingerprint density at radius 1 is 1.26 bits per heavy atom. The van der Waals surface area contributed by atoms with Crippen LogP contribution in [-0.2, 0) is 6.54 Å². The average molecular weight is 260 g/mol. The van der Waals surface area contributed by atoms with Crippen LogP contribution in [0.25, 0.3) is 0 Å². The minimum Gasteiger partial charge on any atom is -0.310 e. The van der Waals surface area contributed by atoms with Crippen molar-refractivity contribution in [1.82, 2.24) is 10.2 Å². The number of likely N-dealkylation sites (tertiary alicyclic amines) is 1. The summed E-state index contributed by atoms with van der Waals surface area (Å²) in [6.07, 6.45) is 5.15. The van der Waals surface area contributed by atoms with Crippen molar-refractivity contribution in [3.8, 4) is 0 Å². The fourth-order valence-electron chi connectivity index (χ4n) is 3.04. The van der Waals surface area contributed by atoms with Gasteiger partial charge in [-0.3, -0.25) is 4.90 Å². The Morgan fingerprint density at radius 2 is 2.05 bits per heavy atom. The van der Waals surface area contributed by atoms with Gasteiger partial charge >= 0.3 is 0 Å². The van der Waals surface area contributed by atoms with Crippen LogP contribution in [0.4, 0.5) is 0 Å². The zero-order valence-corrected chi connectivity index (χ0v) is 12.4. The van der Waals surface area contributed by atoms with Crippen LogP contribution in [0.3, 0.4) is 0 Å². The number of nitrogens with one attached hydrogen (secondary N) is 1. The van der Waals surface area contributed by atoms with E-state index in [-0.39, 0.29) is 0 Å². The first kappa shape index (κ1) is 14.5. The van der Waals surface area contributed by atoms with E-state index in [1.165, 1.54) is 44.3 Å². The molecule has 0 amide bonds. The van der Waals surface area contributed by atoms with E-state index in [2.05, 4.69) is 54.4 Å². The van der Waals surface area contributed by atoms with E-state index < -0.39 is 0 Å². The van der Waals surface area contributed by atoms with Gasteiger partial charge in [0, 0.05) is 31.7 Å². The van der Waals surface area contributed by atoms with E-state index in [1.807, 2.05) is 0 Å². The monoisotopic (exact) mass is 260 g/mol. The standard InChI is InChI=1S/C17H28N2/c1-3-8-16(4-2)18-17-11-12-19(14-17)13-15-9-6-5-7-10-15/h5-7,9-10,16-18H,3-4,8,11-14H2,1-2H3. The SMILES string of the molecule is CCCC(CC)NC1CCN(Cc2ccccc2)C1. The summed E-state index contributed by atoms with van der Waals surface area (Å²) in [7, 11) is 0. The average Bonchev–Trinajstić information content (AvgIpc) is 2.86. The lowest BCUT2D eigenvalue weighted by molar-refractivity contribution is 0.311. The number of hydrogen-bond acceptors (Lipinski definition) is 2. The number of rotatable bonds is 7. The topological polar surface area (TPSA) is 15.3 Å². The second kappa shape index (κ2) is 7.66. The Hall–Kier alpha value is -0.860. The Bertz CT molecular complexity index is 350. The van der Waals surface area contributed by atoms with Crippen molar-refractivity contribution in [2.24, 2.45) is 0 Å². The molecule has 2 nitrogen and oxygen atoms in total. The van der Waals surface area contributed by atoms with E-state index in [1.54, 1.807) is 0 Å². The highest BCUT2D eigenvalue weighted by Crippen LogP contribution is 2.15. The molecule has 0 aliphatic carbocycles. The molecule has 1 heterocycles. The van der Waals surface area contributed by atoms with Crippen LogP contribution in [0.15, 0.2) is 30.3 Å². The van der Waals surface area contributed by atoms with Crippen LogP contribution >= 0.6 is 0 Å². The van der Waals surface area contributed by atoms with E-state index in [0.717, 1.165) is 6.54 Å². The fraction of sp³-hybridized carbons (Fsp3) is 0.647. The molecule has 1 aromatic rings. The van der Waals surface area contributed by atoms with E-state index in [9.17, 15) is 0 Å². The van der Waals surface area contributed by atoms with Gasteiger partial charge in [-0.1, -0.05) is 50.6 Å². The molecule has 0 aromatic heterocycles. The predicted molar refractivity (Wildman–Crippen MR) is 82.2 cm³/mol. The first-order valence-electron chi connectivity index (χ1n) is 7.84. The maximum Gasteiger partial charge on any atom is 0.0234 e. The zero-order chi connectivity index (χ0) is 13.5. The van der Waals surface area contributed by atoms with Gasteiger partial charge in [0.25, 0.3) is 0 Å². The van der Waals surface area contributed by atoms with Crippen LogP contribution < -0.4 is 5.32 Å². The second-order valence-electron chi connectivity index (χ2n) is 5.77. The highest BCUT2D eigenvalue weighted by atomic mass is 15.2. The lowest BCUT2D eigenvalue weighted by Crippen LogP contribution is -2.39. The Labute approximate surface area is 118 Å². The molecule has 0 saturated carbocycles. The molecule has 1 aliphatic rings. The van der Waals surface area contributed by atoms with Gasteiger partial charge < -0.3 is 5.32 Å². The molecule has 1 saturated heterocycles. The van der Waals surface area contributed by atoms with Gasteiger partial charge in [-0.2, -0.15) is 0 Å². The van der Waals surface area contributed by atoms with Crippen LogP contribution in [0.1, 0.15) is 45.1 Å². The summed E-state index contributed by atoms with van der Waals surface area (Å²) in [4.78, 5) is 2.58. The molecule has 1 aromatic carbocycles. The smallest absolute Gasteiger partial charge is 0.0234 e. The lowest BCUT2D eigenvalue weighted by atomic mass is 10.1. The van der Waals surface area contributed by atoms with Gasteiger partial charge in [0.05, 0.1) is 0 Å². The van der Waals surface area contributed by atoms with Gasteiger partial charge in [0.2, 0.25) is 0 Å². The molecule has 2 atom stereocenters. The number of nitrogens with zero attached hydrogens (tertiary/aromatic N) is 1. The summed E-state index contributed by atoms with van der Waals surface area (Å²) in [5.74, 6) is 0. The number of hydrogen-bond donors (Lipinski definition) is 1. The van der Waals surface area contributed by atoms with Gasteiger partial charge in [-0.25, -0.2) is 0 Å². The highest BCUT2D eigenvalue weighted by molar-refractivity contribution is 5.14. The molecular weight excluding hydrogens is 232 g/mol. The lowest BCUT2D eigenvalue weighted by Gasteiger charge is -2.22. The van der Waals surface area contributed by atoms with Crippen molar-refractivity contribution in [1.29, 1.82) is 0 Å². The van der Waals surface area contributed by atoms with Crippen LogP contribution in [0.5, 0.6) is 0 Å². The van der Waals surface area contributed by atoms with Crippen molar-refractivity contribution in [3.05, 3.63) is 35.9 Å². The van der Waals surface area contributed by atoms with Crippen molar-refractivity contribution in [3.63, 3.8) is 0 Å². The molecule has 1 N–H and O–H groups in total. The van der Waals surface area contributed by atoms with E-state index >= 15 is 0 Å². The summed E-state index contributed by atoms with van der Waals surface area (Å²) in [6, 6.07) is 12.2. The molecule has 0 spiro atoms. The van der Waals surface area contributed by atoms with Gasteiger partial charge in [-0.15, -0.1) is 0 Å². The predicted octanol–water partition coefficient (Wildman–Crippen LogP) is 3.43. The maximum atomic E-state index is 3.84. The molecular formula is C17H28N2.